The molecule has 0 aromatic rings. The zero-order valence-corrected chi connectivity index (χ0v) is 6.81. The Labute approximate surface area is 69.5 Å². The summed E-state index contributed by atoms with van der Waals surface area (Å²) in [5, 5.41) is 0. The summed E-state index contributed by atoms with van der Waals surface area (Å²) in [5.74, 6) is 0. The van der Waals surface area contributed by atoms with Crippen molar-refractivity contribution in [2.75, 3.05) is 13.1 Å². The summed E-state index contributed by atoms with van der Waals surface area (Å²) in [6.45, 7) is 1.19. The number of nitrogens with two attached hydrogens (primary N) is 2. The van der Waals surface area contributed by atoms with Crippen molar-refractivity contribution >= 4 is 10.4 Å². The Hall–Kier alpha value is 0.284. The Bertz CT molecular complexity index is 124. The Morgan fingerprint density at radius 1 is 1.10 bits per heavy atom. The van der Waals surface area contributed by atoms with Gasteiger partial charge in [-0.15, -0.1) is 0 Å². The van der Waals surface area contributed by atoms with Gasteiger partial charge in [-0.05, 0) is 0 Å². The van der Waals surface area contributed by atoms with Gasteiger partial charge in [0.2, 0.25) is 0 Å². The third-order valence-electron chi connectivity index (χ3n) is 0.167. The Morgan fingerprint density at radius 2 is 1.20 bits per heavy atom. The second kappa shape index (κ2) is 9.28. The minimum Gasteiger partial charge on any atom is -0.329 e. The molecule has 0 saturated carbocycles. The van der Waals surface area contributed by atoms with Crippen LogP contribution in [0.2, 0.25) is 0 Å². The fourth-order valence-electron chi connectivity index (χ4n) is 0. The van der Waals surface area contributed by atoms with E-state index in [0.717, 1.165) is 0 Å². The van der Waals surface area contributed by atoms with Gasteiger partial charge in [-0.25, -0.2) is 0 Å². The second-order valence-electron chi connectivity index (χ2n) is 1.03. The van der Waals surface area contributed by atoms with E-state index in [1.54, 1.807) is 0 Å². The monoisotopic (exact) mass is 216 g/mol. The molecule has 0 amide bonds. The molecule has 68 valence electrons. The zero-order valence-electron chi connectivity index (χ0n) is 5.00. The van der Waals surface area contributed by atoms with E-state index >= 15 is 0 Å². The molecule has 0 bridgehead atoms. The molecule has 0 spiro atoms. The summed E-state index contributed by atoms with van der Waals surface area (Å²) in [5.41, 5.74) is 9.81. The molecule has 0 atom stereocenters. The smallest absolute Gasteiger partial charge is 0.329 e. The van der Waals surface area contributed by atoms with Crippen LogP contribution in [-0.2, 0) is 26.9 Å². The van der Waals surface area contributed by atoms with Crippen LogP contribution in [0.4, 0.5) is 0 Å². The molecule has 0 rings (SSSR count). The Morgan fingerprint density at radius 3 is 1.20 bits per heavy atom. The molecule has 0 aliphatic rings. The summed E-state index contributed by atoms with van der Waals surface area (Å²) < 4.78 is 31.6. The average molecular weight is 217 g/mol. The number of rotatable bonds is 1. The quantitative estimate of drug-likeness (QED) is 0.304. The van der Waals surface area contributed by atoms with E-state index in [4.69, 9.17) is 29.0 Å². The topological polar surface area (TPSA) is 127 Å². The fourth-order valence-corrected chi connectivity index (χ4v) is 0. The van der Waals surface area contributed by atoms with Crippen molar-refractivity contribution in [2.45, 2.75) is 0 Å². The van der Waals surface area contributed by atoms with E-state index in [1.807, 2.05) is 0 Å². The fraction of sp³-hybridized carbons (Fsp3) is 1.00. The predicted octanol–water partition coefficient (Wildman–Crippen LogP) is -1.75. The molecular weight excluding hydrogens is 207 g/mol. The van der Waals surface area contributed by atoms with E-state index in [-0.39, 0.29) is 16.5 Å². The molecule has 0 heterocycles. The molecule has 0 unspecified atom stereocenters. The third-order valence-corrected chi connectivity index (χ3v) is 0.167. The summed E-state index contributed by atoms with van der Waals surface area (Å²) in [7, 11) is -4.67. The molecule has 8 heteroatoms. The Balaban J connectivity index is -0.0000000910. The standard InChI is InChI=1S/C2H8N2.Ni.H2O4S/c3-1-2-4;;1-5(2,3)4/h1-4H2;;(H2,1,2,3,4). The van der Waals surface area contributed by atoms with E-state index in [2.05, 4.69) is 0 Å². The van der Waals surface area contributed by atoms with Crippen LogP contribution in [0, 0.1) is 0 Å². The van der Waals surface area contributed by atoms with Gasteiger partial charge in [0.15, 0.2) is 0 Å². The van der Waals surface area contributed by atoms with Crippen molar-refractivity contribution in [1.82, 2.24) is 0 Å². The van der Waals surface area contributed by atoms with Crippen LogP contribution < -0.4 is 11.5 Å². The van der Waals surface area contributed by atoms with Gasteiger partial charge in [-0.1, -0.05) is 0 Å². The van der Waals surface area contributed by atoms with Crippen molar-refractivity contribution in [3.8, 4) is 0 Å². The van der Waals surface area contributed by atoms with Crippen LogP contribution in [0.3, 0.4) is 0 Å². The molecule has 0 fully saturated rings. The first-order valence-corrected chi connectivity index (χ1v) is 3.41. The van der Waals surface area contributed by atoms with Gasteiger partial charge in [0.25, 0.3) is 0 Å². The molecular formula is C2H10N2NiO4S. The van der Waals surface area contributed by atoms with Gasteiger partial charge in [0, 0.05) is 29.6 Å². The molecule has 0 radical (unpaired) electrons. The van der Waals surface area contributed by atoms with Crippen LogP contribution in [-0.4, -0.2) is 30.6 Å². The average Bonchev–Trinajstić information content (AvgIpc) is 1.61. The maximum absolute atomic E-state index is 8.74. The SMILES string of the molecule is NCCN.O=S(=O)(O)O.[Ni]. The van der Waals surface area contributed by atoms with Crippen molar-refractivity contribution < 1.29 is 34.0 Å². The first-order chi connectivity index (χ1) is 3.91. The Kier molecular flexibility index (Phi) is 15.5. The van der Waals surface area contributed by atoms with Gasteiger partial charge >= 0.3 is 10.4 Å². The van der Waals surface area contributed by atoms with Gasteiger partial charge in [0.1, 0.15) is 0 Å². The molecule has 6 nitrogen and oxygen atoms in total. The van der Waals surface area contributed by atoms with Crippen molar-refractivity contribution in [1.29, 1.82) is 0 Å². The van der Waals surface area contributed by atoms with Crippen LogP contribution in [0.5, 0.6) is 0 Å². The van der Waals surface area contributed by atoms with E-state index in [0.29, 0.717) is 13.1 Å². The molecule has 0 aromatic carbocycles. The maximum Gasteiger partial charge on any atom is 0.394 e. The second-order valence-corrected chi connectivity index (χ2v) is 1.92. The molecule has 10 heavy (non-hydrogen) atoms. The van der Waals surface area contributed by atoms with Gasteiger partial charge in [0.05, 0.1) is 0 Å². The molecule has 0 aliphatic carbocycles. The normalized spacial score (nSPS) is 8.80. The molecule has 0 saturated heterocycles. The van der Waals surface area contributed by atoms with E-state index < -0.39 is 10.4 Å². The van der Waals surface area contributed by atoms with Crippen LogP contribution in [0.1, 0.15) is 0 Å². The van der Waals surface area contributed by atoms with Gasteiger partial charge in [-0.3, -0.25) is 9.11 Å². The first kappa shape index (κ1) is 16.7. The maximum atomic E-state index is 8.74. The van der Waals surface area contributed by atoms with Crippen molar-refractivity contribution in [3.05, 3.63) is 0 Å². The van der Waals surface area contributed by atoms with Crippen LogP contribution >= 0.6 is 0 Å². The minimum atomic E-state index is -4.67. The molecule has 0 aliphatic heterocycles. The summed E-state index contributed by atoms with van der Waals surface area (Å²) in [4.78, 5) is 0. The number of hydrogen-bond acceptors (Lipinski definition) is 4. The predicted molar refractivity (Wildman–Crippen MR) is 32.3 cm³/mol. The summed E-state index contributed by atoms with van der Waals surface area (Å²) in [6.07, 6.45) is 0. The van der Waals surface area contributed by atoms with Gasteiger partial charge < -0.3 is 11.5 Å². The third kappa shape index (κ3) is 267. The van der Waals surface area contributed by atoms with Crippen LogP contribution in [0.15, 0.2) is 0 Å². The first-order valence-electron chi connectivity index (χ1n) is 2.01. The van der Waals surface area contributed by atoms with Gasteiger partial charge in [-0.2, -0.15) is 8.42 Å². The summed E-state index contributed by atoms with van der Waals surface area (Å²) in [6, 6.07) is 0. The van der Waals surface area contributed by atoms with Crippen molar-refractivity contribution in [2.24, 2.45) is 11.5 Å². The summed E-state index contributed by atoms with van der Waals surface area (Å²) >= 11 is 0. The van der Waals surface area contributed by atoms with E-state index in [9.17, 15) is 0 Å². The van der Waals surface area contributed by atoms with E-state index in [1.165, 1.54) is 0 Å². The molecule has 0 aromatic heterocycles. The largest absolute Gasteiger partial charge is 0.394 e. The van der Waals surface area contributed by atoms with Crippen LogP contribution in [0.25, 0.3) is 0 Å². The van der Waals surface area contributed by atoms with Crippen molar-refractivity contribution in [3.63, 3.8) is 0 Å². The molecule has 6 N–H and O–H groups in total. The minimum absolute atomic E-state index is 0. The zero-order chi connectivity index (χ0) is 7.91. The number of hydrogen-bond donors (Lipinski definition) is 4.